The van der Waals surface area contributed by atoms with Crippen LogP contribution in [-0.2, 0) is 19.0 Å². The van der Waals surface area contributed by atoms with Crippen molar-refractivity contribution in [2.24, 2.45) is 5.92 Å². The van der Waals surface area contributed by atoms with Crippen molar-refractivity contribution in [2.45, 2.75) is 75.4 Å². The van der Waals surface area contributed by atoms with E-state index in [1.165, 1.54) is 32.1 Å². The van der Waals surface area contributed by atoms with Crippen molar-refractivity contribution in [3.8, 4) is 0 Å². The van der Waals surface area contributed by atoms with Gasteiger partial charge in [-0.25, -0.2) is 4.79 Å². The highest BCUT2D eigenvalue weighted by Crippen LogP contribution is 2.37. The van der Waals surface area contributed by atoms with Crippen LogP contribution in [-0.4, -0.2) is 79.4 Å². The third-order valence-electron chi connectivity index (χ3n) is 6.25. The summed E-state index contributed by atoms with van der Waals surface area (Å²) < 4.78 is 49.6. The molecule has 0 amide bonds. The first-order chi connectivity index (χ1) is 13.4. The second-order valence-electron chi connectivity index (χ2n) is 8.03. The number of hydrogen-bond acceptors (Lipinski definition) is 5. The van der Waals surface area contributed by atoms with Crippen molar-refractivity contribution in [3.63, 3.8) is 0 Å². The molecule has 4 fully saturated rings. The van der Waals surface area contributed by atoms with E-state index in [0.717, 1.165) is 51.9 Å². The summed E-state index contributed by atoms with van der Waals surface area (Å²) in [5.41, 5.74) is 0. The molecule has 2 saturated heterocycles. The number of rotatable bonds is 4. The number of nitrogens with zero attached hydrogens (tertiary/aromatic N) is 1. The molecule has 0 spiro atoms. The highest BCUT2D eigenvalue weighted by Gasteiger charge is 2.46. The maximum atomic E-state index is 10.6. The molecule has 3 atom stereocenters. The highest BCUT2D eigenvalue weighted by molar-refractivity contribution is 5.73. The van der Waals surface area contributed by atoms with Crippen molar-refractivity contribution < 1.29 is 37.3 Å². The molecular weight excluding hydrogens is 379 g/mol. The maximum absolute atomic E-state index is 10.6. The van der Waals surface area contributed by atoms with Gasteiger partial charge in [-0.15, -0.1) is 0 Å². The Labute approximate surface area is 163 Å². The van der Waals surface area contributed by atoms with Gasteiger partial charge in [0.15, 0.2) is 0 Å². The molecule has 0 aromatic heterocycles. The Morgan fingerprint density at radius 1 is 1.07 bits per heavy atom. The lowest BCUT2D eigenvalue weighted by Crippen LogP contribution is -2.57. The van der Waals surface area contributed by atoms with Crippen LogP contribution in [0.25, 0.3) is 0 Å². The number of carboxylic acid groups (broad SMARTS) is 1. The number of hydrogen-bond donors (Lipinski definition) is 1. The lowest BCUT2D eigenvalue weighted by molar-refractivity contribution is -0.192. The maximum Gasteiger partial charge on any atom is 0.490 e. The van der Waals surface area contributed by atoms with Crippen molar-refractivity contribution in [1.29, 1.82) is 0 Å². The first kappa shape index (κ1) is 21.8. The standard InChI is InChI=1S/C17H29NO3.C2HF3O2/c1-2-14(3-1)18-8-11-20-17-15(18)4-5-16(17)21-12-13-6-9-19-10-7-13;3-2(4,5)1(6)7/h13-17H,1-12H2;(H,6,7)/t15-,16+,17+;/m0./s1. The molecule has 2 aliphatic heterocycles. The SMILES string of the molecule is C1CC(N2CCO[C@H]3[C@H](OCC4CCOCC4)CC[C@@H]32)C1.O=C(O)C(F)(F)F. The molecule has 0 aromatic carbocycles. The van der Waals surface area contributed by atoms with E-state index in [4.69, 9.17) is 24.1 Å². The van der Waals surface area contributed by atoms with Gasteiger partial charge in [-0.1, -0.05) is 6.42 Å². The monoisotopic (exact) mass is 409 g/mol. The zero-order valence-electron chi connectivity index (χ0n) is 16.0. The van der Waals surface area contributed by atoms with Crippen molar-refractivity contribution in [3.05, 3.63) is 0 Å². The molecule has 0 radical (unpaired) electrons. The Balaban J connectivity index is 0.000000279. The van der Waals surface area contributed by atoms with Crippen LogP contribution in [0.4, 0.5) is 13.2 Å². The number of halogens is 3. The summed E-state index contributed by atoms with van der Waals surface area (Å²) in [6.07, 6.45) is 4.57. The minimum atomic E-state index is -5.08. The first-order valence-electron chi connectivity index (χ1n) is 10.2. The Kier molecular flexibility index (Phi) is 7.58. The number of fused-ring (bicyclic) bond motifs is 1. The van der Waals surface area contributed by atoms with Crippen LogP contribution in [0.5, 0.6) is 0 Å². The van der Waals surface area contributed by atoms with Crippen molar-refractivity contribution in [2.75, 3.05) is 33.0 Å². The van der Waals surface area contributed by atoms with E-state index in [2.05, 4.69) is 4.90 Å². The smallest absolute Gasteiger partial charge is 0.475 e. The van der Waals surface area contributed by atoms with Crippen LogP contribution in [0.1, 0.15) is 44.9 Å². The summed E-state index contributed by atoms with van der Waals surface area (Å²) in [4.78, 5) is 11.6. The van der Waals surface area contributed by atoms with E-state index in [1.807, 2.05) is 0 Å². The van der Waals surface area contributed by atoms with Gasteiger partial charge >= 0.3 is 12.1 Å². The highest BCUT2D eigenvalue weighted by atomic mass is 19.4. The molecule has 0 bridgehead atoms. The predicted molar refractivity (Wildman–Crippen MR) is 94.1 cm³/mol. The second-order valence-corrected chi connectivity index (χ2v) is 8.03. The van der Waals surface area contributed by atoms with Crippen LogP contribution in [0.2, 0.25) is 0 Å². The molecule has 2 heterocycles. The summed E-state index contributed by atoms with van der Waals surface area (Å²) in [7, 11) is 0. The van der Waals surface area contributed by atoms with E-state index in [0.29, 0.717) is 24.2 Å². The Hall–Kier alpha value is -0.900. The first-order valence-corrected chi connectivity index (χ1v) is 10.2. The lowest BCUT2D eigenvalue weighted by atomic mass is 9.89. The summed E-state index contributed by atoms with van der Waals surface area (Å²) in [5.74, 6) is -2.06. The number of carboxylic acids is 1. The van der Waals surface area contributed by atoms with E-state index in [1.54, 1.807) is 0 Å². The van der Waals surface area contributed by atoms with Gasteiger partial charge < -0.3 is 19.3 Å². The van der Waals surface area contributed by atoms with E-state index in [9.17, 15) is 13.2 Å². The number of alkyl halides is 3. The minimum absolute atomic E-state index is 0.333. The second kappa shape index (κ2) is 9.73. The Morgan fingerprint density at radius 2 is 1.75 bits per heavy atom. The topological polar surface area (TPSA) is 68.2 Å². The molecule has 28 heavy (non-hydrogen) atoms. The number of carbonyl (C=O) groups is 1. The number of morpholine rings is 1. The molecule has 162 valence electrons. The molecule has 1 N–H and O–H groups in total. The molecule has 0 unspecified atom stereocenters. The molecule has 4 aliphatic rings. The van der Waals surface area contributed by atoms with Crippen molar-refractivity contribution in [1.82, 2.24) is 4.90 Å². The quantitative estimate of drug-likeness (QED) is 0.770. The molecule has 4 rings (SSSR count). The van der Waals surface area contributed by atoms with Gasteiger partial charge in [0.05, 0.1) is 25.4 Å². The van der Waals surface area contributed by atoms with Crippen LogP contribution >= 0.6 is 0 Å². The zero-order chi connectivity index (χ0) is 20.1. The molecule has 0 aromatic rings. The fourth-order valence-electron chi connectivity index (χ4n) is 4.47. The van der Waals surface area contributed by atoms with Crippen molar-refractivity contribution >= 4 is 5.97 Å². The normalized spacial score (nSPS) is 32.2. The molecule has 6 nitrogen and oxygen atoms in total. The Bertz CT molecular complexity index is 508. The van der Waals surface area contributed by atoms with E-state index >= 15 is 0 Å². The van der Waals surface area contributed by atoms with E-state index in [-0.39, 0.29) is 0 Å². The number of aliphatic carboxylic acids is 1. The molecule has 2 aliphatic carbocycles. The predicted octanol–water partition coefficient (Wildman–Crippen LogP) is 2.85. The third-order valence-corrected chi connectivity index (χ3v) is 6.25. The van der Waals surface area contributed by atoms with Gasteiger partial charge in [-0.2, -0.15) is 13.2 Å². The number of ether oxygens (including phenoxy) is 3. The Morgan fingerprint density at radius 3 is 2.32 bits per heavy atom. The largest absolute Gasteiger partial charge is 0.490 e. The van der Waals surface area contributed by atoms with Crippen LogP contribution in [0.15, 0.2) is 0 Å². The molecule has 9 heteroatoms. The van der Waals surface area contributed by atoms with Crippen LogP contribution < -0.4 is 0 Å². The van der Waals surface area contributed by atoms with Crippen LogP contribution in [0, 0.1) is 5.92 Å². The summed E-state index contributed by atoms with van der Waals surface area (Å²) in [6.45, 7) is 4.77. The van der Waals surface area contributed by atoms with Gasteiger partial charge in [0.25, 0.3) is 0 Å². The summed E-state index contributed by atoms with van der Waals surface area (Å²) in [5, 5.41) is 7.12. The fourth-order valence-corrected chi connectivity index (χ4v) is 4.47. The van der Waals surface area contributed by atoms with Gasteiger partial charge in [0.1, 0.15) is 0 Å². The average Bonchev–Trinajstić information content (AvgIpc) is 3.03. The average molecular weight is 409 g/mol. The molecule has 2 saturated carbocycles. The third kappa shape index (κ3) is 5.58. The van der Waals surface area contributed by atoms with Crippen LogP contribution in [0.3, 0.4) is 0 Å². The van der Waals surface area contributed by atoms with Gasteiger partial charge in [-0.05, 0) is 44.4 Å². The fraction of sp³-hybridized carbons (Fsp3) is 0.947. The summed E-state index contributed by atoms with van der Waals surface area (Å²) >= 11 is 0. The zero-order valence-corrected chi connectivity index (χ0v) is 16.0. The summed E-state index contributed by atoms with van der Waals surface area (Å²) in [6, 6.07) is 1.47. The van der Waals surface area contributed by atoms with Gasteiger partial charge in [0.2, 0.25) is 0 Å². The van der Waals surface area contributed by atoms with Gasteiger partial charge in [-0.3, -0.25) is 4.90 Å². The minimum Gasteiger partial charge on any atom is -0.475 e. The van der Waals surface area contributed by atoms with E-state index < -0.39 is 12.1 Å². The lowest BCUT2D eigenvalue weighted by Gasteiger charge is -2.46. The van der Waals surface area contributed by atoms with Gasteiger partial charge in [0, 0.05) is 31.8 Å². The molecular formula is C19H30F3NO5.